The zero-order valence-electron chi connectivity index (χ0n) is 12.3. The van der Waals surface area contributed by atoms with Gasteiger partial charge in [0.15, 0.2) is 0 Å². The van der Waals surface area contributed by atoms with Gasteiger partial charge in [-0.1, -0.05) is 32.1 Å². The van der Waals surface area contributed by atoms with Crippen molar-refractivity contribution in [1.82, 2.24) is 0 Å². The van der Waals surface area contributed by atoms with Crippen LogP contribution in [0, 0.1) is 23.6 Å². The van der Waals surface area contributed by atoms with E-state index in [0.29, 0.717) is 11.8 Å². The van der Waals surface area contributed by atoms with Crippen molar-refractivity contribution in [2.75, 3.05) is 5.32 Å². The molecule has 0 spiro atoms. The van der Waals surface area contributed by atoms with E-state index in [4.69, 9.17) is 5.11 Å². The van der Waals surface area contributed by atoms with E-state index in [1.165, 1.54) is 44.2 Å². The van der Waals surface area contributed by atoms with E-state index in [2.05, 4.69) is 5.32 Å². The molecule has 0 bridgehead atoms. The van der Waals surface area contributed by atoms with Crippen LogP contribution in [0.4, 0.5) is 10.1 Å². The zero-order chi connectivity index (χ0) is 15.7. The summed E-state index contributed by atoms with van der Waals surface area (Å²) >= 11 is 0. The minimum Gasteiger partial charge on any atom is -0.478 e. The Morgan fingerprint density at radius 1 is 1.18 bits per heavy atom. The minimum absolute atomic E-state index is 0.0312. The molecule has 118 valence electrons. The van der Waals surface area contributed by atoms with Crippen molar-refractivity contribution in [2.45, 2.75) is 38.5 Å². The maximum Gasteiger partial charge on any atom is 0.335 e. The second kappa shape index (κ2) is 6.07. The van der Waals surface area contributed by atoms with E-state index >= 15 is 0 Å². The molecule has 2 fully saturated rings. The molecule has 1 aromatic carbocycles. The number of hydrogen-bond donors (Lipinski definition) is 2. The third-order valence-electron chi connectivity index (χ3n) is 4.90. The van der Waals surface area contributed by atoms with Crippen molar-refractivity contribution in [2.24, 2.45) is 17.8 Å². The first-order valence-electron chi connectivity index (χ1n) is 7.90. The molecule has 0 saturated heterocycles. The standard InChI is InChI=1S/C17H20FNO3/c18-14-7-6-11(17(21)22)8-15(14)19-16(20)13-9-12(13)10-4-2-1-3-5-10/h6-8,10,12-13H,1-5,9H2,(H,19,20)(H,21,22). The Balaban J connectivity index is 1.63. The molecular formula is C17H20FNO3. The summed E-state index contributed by atoms with van der Waals surface area (Å²) in [6.45, 7) is 0. The quantitative estimate of drug-likeness (QED) is 0.891. The lowest BCUT2D eigenvalue weighted by molar-refractivity contribution is -0.117. The molecule has 1 aromatic rings. The molecule has 0 aliphatic heterocycles. The summed E-state index contributed by atoms with van der Waals surface area (Å²) in [5, 5.41) is 11.5. The largest absolute Gasteiger partial charge is 0.478 e. The van der Waals surface area contributed by atoms with Crippen molar-refractivity contribution in [3.63, 3.8) is 0 Å². The molecule has 2 unspecified atom stereocenters. The zero-order valence-corrected chi connectivity index (χ0v) is 12.3. The van der Waals surface area contributed by atoms with Crippen molar-refractivity contribution in [1.29, 1.82) is 0 Å². The van der Waals surface area contributed by atoms with E-state index in [1.807, 2.05) is 0 Å². The number of halogens is 1. The Morgan fingerprint density at radius 2 is 1.91 bits per heavy atom. The van der Waals surface area contributed by atoms with Crippen LogP contribution in [0.15, 0.2) is 18.2 Å². The maximum absolute atomic E-state index is 13.7. The number of carbonyl (C=O) groups is 2. The number of amides is 1. The fourth-order valence-corrected chi connectivity index (χ4v) is 3.58. The third-order valence-corrected chi connectivity index (χ3v) is 4.90. The lowest BCUT2D eigenvalue weighted by Gasteiger charge is -2.21. The molecule has 2 aliphatic rings. The summed E-state index contributed by atoms with van der Waals surface area (Å²) in [7, 11) is 0. The Kier molecular flexibility index (Phi) is 4.14. The average Bonchev–Trinajstić information content (AvgIpc) is 3.31. The molecule has 22 heavy (non-hydrogen) atoms. The Bertz CT molecular complexity index is 596. The molecule has 1 amide bonds. The summed E-state index contributed by atoms with van der Waals surface area (Å²) in [4.78, 5) is 23.2. The van der Waals surface area contributed by atoms with Gasteiger partial charge >= 0.3 is 5.97 Å². The van der Waals surface area contributed by atoms with E-state index in [9.17, 15) is 14.0 Å². The molecule has 0 aromatic heterocycles. The Morgan fingerprint density at radius 3 is 2.59 bits per heavy atom. The van der Waals surface area contributed by atoms with Crippen molar-refractivity contribution >= 4 is 17.6 Å². The average molecular weight is 305 g/mol. The van der Waals surface area contributed by atoms with Gasteiger partial charge in [0.2, 0.25) is 5.91 Å². The van der Waals surface area contributed by atoms with Crippen molar-refractivity contribution in [3.05, 3.63) is 29.6 Å². The van der Waals surface area contributed by atoms with E-state index in [-0.39, 0.29) is 23.1 Å². The molecule has 2 saturated carbocycles. The first-order valence-corrected chi connectivity index (χ1v) is 7.90. The summed E-state index contributed by atoms with van der Waals surface area (Å²) in [6.07, 6.45) is 7.02. The highest BCUT2D eigenvalue weighted by atomic mass is 19.1. The van der Waals surface area contributed by atoms with Gasteiger partial charge in [-0.15, -0.1) is 0 Å². The first-order chi connectivity index (χ1) is 10.6. The van der Waals surface area contributed by atoms with Crippen molar-refractivity contribution < 1.29 is 19.1 Å². The fourth-order valence-electron chi connectivity index (χ4n) is 3.58. The van der Waals surface area contributed by atoms with E-state index in [0.717, 1.165) is 12.5 Å². The Hall–Kier alpha value is -1.91. The smallest absolute Gasteiger partial charge is 0.335 e. The number of rotatable bonds is 4. The summed E-state index contributed by atoms with van der Waals surface area (Å²) in [6, 6.07) is 3.44. The number of hydrogen-bond acceptors (Lipinski definition) is 2. The molecule has 4 nitrogen and oxygen atoms in total. The van der Waals surface area contributed by atoms with Gasteiger partial charge < -0.3 is 10.4 Å². The van der Waals surface area contributed by atoms with E-state index in [1.54, 1.807) is 0 Å². The molecule has 0 radical (unpaired) electrons. The fraction of sp³-hybridized carbons (Fsp3) is 0.529. The van der Waals surface area contributed by atoms with Crippen LogP contribution in [0.1, 0.15) is 48.9 Å². The highest BCUT2D eigenvalue weighted by molar-refractivity contribution is 5.96. The normalized spacial score (nSPS) is 24.8. The summed E-state index contributed by atoms with van der Waals surface area (Å²) in [5.41, 5.74) is -0.0736. The van der Waals surface area contributed by atoms with Gasteiger partial charge in [0, 0.05) is 5.92 Å². The molecule has 5 heteroatoms. The van der Waals surface area contributed by atoms with Gasteiger partial charge in [0.25, 0.3) is 0 Å². The van der Waals surface area contributed by atoms with Crippen molar-refractivity contribution in [3.8, 4) is 0 Å². The van der Waals surface area contributed by atoms with Crippen LogP contribution in [-0.4, -0.2) is 17.0 Å². The molecule has 3 rings (SSSR count). The molecule has 2 aliphatic carbocycles. The molecule has 2 atom stereocenters. The number of carbonyl (C=O) groups excluding carboxylic acids is 1. The highest BCUT2D eigenvalue weighted by Gasteiger charge is 2.47. The number of anilines is 1. The van der Waals surface area contributed by atoms with E-state index < -0.39 is 11.8 Å². The first kappa shape index (κ1) is 15.0. The number of benzene rings is 1. The maximum atomic E-state index is 13.7. The lowest BCUT2D eigenvalue weighted by atomic mass is 9.85. The molecular weight excluding hydrogens is 285 g/mol. The third kappa shape index (κ3) is 3.13. The van der Waals surface area contributed by atoms with Gasteiger partial charge in [-0.25, -0.2) is 9.18 Å². The predicted molar refractivity (Wildman–Crippen MR) is 80.2 cm³/mol. The van der Waals surface area contributed by atoms with Gasteiger partial charge in [-0.3, -0.25) is 4.79 Å². The highest BCUT2D eigenvalue weighted by Crippen LogP contribution is 2.49. The number of carboxylic acids is 1. The summed E-state index contributed by atoms with van der Waals surface area (Å²) < 4.78 is 13.7. The van der Waals surface area contributed by atoms with Gasteiger partial charge in [-0.2, -0.15) is 0 Å². The van der Waals surface area contributed by atoms with Crippen LogP contribution in [0.3, 0.4) is 0 Å². The molecule has 2 N–H and O–H groups in total. The monoisotopic (exact) mass is 305 g/mol. The Labute approximate surface area is 128 Å². The van der Waals surface area contributed by atoms with Crippen LogP contribution in [0.2, 0.25) is 0 Å². The van der Waals surface area contributed by atoms with Gasteiger partial charge in [-0.05, 0) is 36.5 Å². The van der Waals surface area contributed by atoms with Crippen LogP contribution >= 0.6 is 0 Å². The van der Waals surface area contributed by atoms with Gasteiger partial charge in [0.1, 0.15) is 5.82 Å². The van der Waals surface area contributed by atoms with Crippen LogP contribution in [0.25, 0.3) is 0 Å². The minimum atomic E-state index is -1.14. The SMILES string of the molecule is O=C(O)c1ccc(F)c(NC(=O)C2CC2C2CCCCC2)c1. The molecule has 0 heterocycles. The number of aromatic carboxylic acids is 1. The predicted octanol–water partition coefficient (Wildman–Crippen LogP) is 3.68. The second-order valence-electron chi connectivity index (χ2n) is 6.39. The van der Waals surface area contributed by atoms with Crippen LogP contribution < -0.4 is 5.32 Å². The topological polar surface area (TPSA) is 66.4 Å². The number of carboxylic acid groups (broad SMARTS) is 1. The number of nitrogens with one attached hydrogen (secondary N) is 1. The van der Waals surface area contributed by atoms with Crippen LogP contribution in [0.5, 0.6) is 0 Å². The van der Waals surface area contributed by atoms with Crippen LogP contribution in [-0.2, 0) is 4.79 Å². The van der Waals surface area contributed by atoms with Gasteiger partial charge in [0.05, 0.1) is 11.3 Å². The lowest BCUT2D eigenvalue weighted by Crippen LogP contribution is -2.19. The second-order valence-corrected chi connectivity index (χ2v) is 6.39. The summed E-state index contributed by atoms with van der Waals surface area (Å²) in [5.74, 6) is -0.922.